The molecule has 7 heteroatoms. The zero-order valence-corrected chi connectivity index (χ0v) is 18.1. The van der Waals surface area contributed by atoms with Gasteiger partial charge in [0.1, 0.15) is 5.54 Å². The lowest BCUT2D eigenvalue weighted by atomic mass is 9.97. The number of hydrogen-bond acceptors (Lipinski definition) is 4. The third kappa shape index (κ3) is 3.77. The number of aryl methyl sites for hydroxylation is 1. The molecule has 1 unspecified atom stereocenters. The van der Waals surface area contributed by atoms with E-state index in [0.29, 0.717) is 17.7 Å². The summed E-state index contributed by atoms with van der Waals surface area (Å²) in [5.74, 6) is 1.02. The van der Waals surface area contributed by atoms with Crippen LogP contribution in [0.2, 0.25) is 0 Å². The van der Waals surface area contributed by atoms with Crippen LogP contribution in [0.4, 0.5) is 4.79 Å². The van der Waals surface area contributed by atoms with Crippen molar-refractivity contribution in [2.75, 3.05) is 18.1 Å². The first-order valence-corrected chi connectivity index (χ1v) is 11.7. The number of Topliss-reactive ketones (excluding diaryl/α,β-unsaturated/α-hetero) is 1. The Morgan fingerprint density at radius 3 is 2.79 bits per heavy atom. The molecule has 1 spiro atoms. The van der Waals surface area contributed by atoms with E-state index in [0.717, 1.165) is 35.0 Å². The standard InChI is InChI=1S/C22H29N3O3S/c1-15-12-18(16(2)24(15)10-8-17-6-4-3-5-7-17)19(26)13-25-20(27)22(23-21(25)28)9-11-29-14-22/h6,12H,3-5,7-11,13-14H2,1-2H3,(H,23,28). The Morgan fingerprint density at radius 2 is 2.10 bits per heavy atom. The lowest BCUT2D eigenvalue weighted by Gasteiger charge is -2.19. The predicted octanol–water partition coefficient (Wildman–Crippen LogP) is 3.61. The molecule has 1 N–H and O–H groups in total. The van der Waals surface area contributed by atoms with Crippen molar-refractivity contribution >= 4 is 29.5 Å². The van der Waals surface area contributed by atoms with Crippen LogP contribution in [0.3, 0.4) is 0 Å². The molecule has 1 aliphatic carbocycles. The zero-order chi connectivity index (χ0) is 20.6. The Bertz CT molecular complexity index is 880. The zero-order valence-electron chi connectivity index (χ0n) is 17.3. The summed E-state index contributed by atoms with van der Waals surface area (Å²) in [4.78, 5) is 39.3. The summed E-state index contributed by atoms with van der Waals surface area (Å²) in [6.45, 7) is 4.64. The molecule has 2 aliphatic heterocycles. The van der Waals surface area contributed by atoms with Crippen molar-refractivity contribution in [2.24, 2.45) is 0 Å². The van der Waals surface area contributed by atoms with E-state index < -0.39 is 11.6 Å². The summed E-state index contributed by atoms with van der Waals surface area (Å²) in [5.41, 5.74) is 3.29. The van der Waals surface area contributed by atoms with Gasteiger partial charge >= 0.3 is 6.03 Å². The molecule has 0 radical (unpaired) electrons. The van der Waals surface area contributed by atoms with Crippen LogP contribution in [0, 0.1) is 13.8 Å². The fourth-order valence-electron chi connectivity index (χ4n) is 4.70. The molecule has 1 aromatic heterocycles. The molecule has 3 aliphatic rings. The molecule has 3 amide bonds. The van der Waals surface area contributed by atoms with Crippen LogP contribution in [-0.2, 0) is 11.3 Å². The normalized spacial score (nSPS) is 24.3. The molecule has 0 aromatic carbocycles. The number of nitrogens with one attached hydrogen (secondary N) is 1. The predicted molar refractivity (Wildman–Crippen MR) is 114 cm³/mol. The molecular formula is C22H29N3O3S. The largest absolute Gasteiger partial charge is 0.348 e. The SMILES string of the molecule is Cc1cc(C(=O)CN2C(=O)NC3(CCSC3)C2=O)c(C)n1CCC1=CCCCC1. The molecule has 3 heterocycles. The molecule has 6 nitrogen and oxygen atoms in total. The fourth-order valence-corrected chi connectivity index (χ4v) is 6.02. The van der Waals surface area contributed by atoms with Crippen LogP contribution in [0.25, 0.3) is 0 Å². The van der Waals surface area contributed by atoms with Crippen molar-refractivity contribution in [1.82, 2.24) is 14.8 Å². The minimum atomic E-state index is -0.799. The lowest BCUT2D eigenvalue weighted by molar-refractivity contribution is -0.130. The number of amides is 3. The van der Waals surface area contributed by atoms with Crippen molar-refractivity contribution in [2.45, 2.75) is 64.5 Å². The Labute approximate surface area is 176 Å². The molecule has 4 rings (SSSR count). The number of hydrogen-bond donors (Lipinski definition) is 1. The number of aromatic nitrogens is 1. The third-order valence-corrected chi connectivity index (χ3v) is 7.67. The van der Waals surface area contributed by atoms with Gasteiger partial charge in [-0.25, -0.2) is 4.79 Å². The topological polar surface area (TPSA) is 71.4 Å². The van der Waals surface area contributed by atoms with Gasteiger partial charge in [-0.2, -0.15) is 11.8 Å². The summed E-state index contributed by atoms with van der Waals surface area (Å²) >= 11 is 1.66. The maximum atomic E-state index is 13.0. The highest BCUT2D eigenvalue weighted by atomic mass is 32.2. The van der Waals surface area contributed by atoms with Crippen molar-refractivity contribution in [3.05, 3.63) is 34.7 Å². The van der Waals surface area contributed by atoms with Gasteiger partial charge in [-0.3, -0.25) is 14.5 Å². The quantitative estimate of drug-likeness (QED) is 0.438. The van der Waals surface area contributed by atoms with Gasteiger partial charge in [-0.15, -0.1) is 0 Å². The van der Waals surface area contributed by atoms with E-state index in [1.54, 1.807) is 11.8 Å². The Kier molecular flexibility index (Phi) is 5.60. The second-order valence-corrected chi connectivity index (χ2v) is 9.53. The monoisotopic (exact) mass is 415 g/mol. The number of nitrogens with zero attached hydrogens (tertiary/aromatic N) is 2. The first-order valence-electron chi connectivity index (χ1n) is 10.5. The van der Waals surface area contributed by atoms with Crippen LogP contribution >= 0.6 is 11.8 Å². The van der Waals surface area contributed by atoms with Crippen molar-refractivity contribution < 1.29 is 14.4 Å². The second-order valence-electron chi connectivity index (χ2n) is 8.42. The smallest absolute Gasteiger partial charge is 0.325 e. The maximum Gasteiger partial charge on any atom is 0.325 e. The third-order valence-electron chi connectivity index (χ3n) is 6.48. The number of urea groups is 1. The van der Waals surface area contributed by atoms with Gasteiger partial charge in [-0.05, 0) is 64.2 Å². The number of allylic oxidation sites excluding steroid dienone is 2. The number of carbonyl (C=O) groups excluding carboxylic acids is 3. The van der Waals surface area contributed by atoms with Crippen LogP contribution in [0.15, 0.2) is 17.7 Å². The summed E-state index contributed by atoms with van der Waals surface area (Å²) in [6.07, 6.45) is 8.91. The molecule has 2 fully saturated rings. The number of ketones is 1. The summed E-state index contributed by atoms with van der Waals surface area (Å²) in [7, 11) is 0. The van der Waals surface area contributed by atoms with Crippen LogP contribution in [0.1, 0.15) is 60.3 Å². The average Bonchev–Trinajstić information content (AvgIpc) is 3.35. The van der Waals surface area contributed by atoms with Crippen LogP contribution < -0.4 is 5.32 Å². The van der Waals surface area contributed by atoms with E-state index in [-0.39, 0.29) is 18.2 Å². The highest BCUT2D eigenvalue weighted by Crippen LogP contribution is 2.33. The molecule has 1 aromatic rings. The highest BCUT2D eigenvalue weighted by molar-refractivity contribution is 7.99. The van der Waals surface area contributed by atoms with Gasteiger partial charge < -0.3 is 9.88 Å². The molecule has 2 saturated heterocycles. The van der Waals surface area contributed by atoms with Crippen molar-refractivity contribution in [3.8, 4) is 0 Å². The Hall–Kier alpha value is -2.02. The molecule has 1 atom stereocenters. The van der Waals surface area contributed by atoms with Gasteiger partial charge in [0.25, 0.3) is 5.91 Å². The first-order chi connectivity index (χ1) is 13.9. The summed E-state index contributed by atoms with van der Waals surface area (Å²) in [6, 6.07) is 1.45. The summed E-state index contributed by atoms with van der Waals surface area (Å²) in [5, 5.41) is 2.83. The first kappa shape index (κ1) is 20.3. The molecule has 0 bridgehead atoms. The van der Waals surface area contributed by atoms with Gasteiger partial charge in [0.15, 0.2) is 5.78 Å². The number of imide groups is 1. The van der Waals surface area contributed by atoms with Crippen LogP contribution in [0.5, 0.6) is 0 Å². The van der Waals surface area contributed by atoms with E-state index in [4.69, 9.17) is 0 Å². The van der Waals surface area contributed by atoms with Gasteiger partial charge in [0.05, 0.1) is 6.54 Å². The Balaban J connectivity index is 1.46. The Morgan fingerprint density at radius 1 is 1.28 bits per heavy atom. The van der Waals surface area contributed by atoms with Gasteiger partial charge in [0, 0.05) is 29.2 Å². The van der Waals surface area contributed by atoms with E-state index >= 15 is 0 Å². The highest BCUT2D eigenvalue weighted by Gasteiger charge is 2.53. The average molecular weight is 416 g/mol. The molecule has 156 valence electrons. The minimum Gasteiger partial charge on any atom is -0.348 e. The molecule has 29 heavy (non-hydrogen) atoms. The lowest BCUT2D eigenvalue weighted by Crippen LogP contribution is -2.47. The van der Waals surface area contributed by atoms with E-state index in [9.17, 15) is 14.4 Å². The van der Waals surface area contributed by atoms with Gasteiger partial charge in [0.2, 0.25) is 0 Å². The minimum absolute atomic E-state index is 0.174. The number of carbonyl (C=O) groups is 3. The van der Waals surface area contributed by atoms with Crippen LogP contribution in [-0.4, -0.2) is 50.8 Å². The fraction of sp³-hybridized carbons (Fsp3) is 0.591. The molecular weight excluding hydrogens is 386 g/mol. The van der Waals surface area contributed by atoms with E-state index in [2.05, 4.69) is 16.0 Å². The van der Waals surface area contributed by atoms with Gasteiger partial charge in [-0.1, -0.05) is 11.6 Å². The molecule has 0 saturated carbocycles. The van der Waals surface area contributed by atoms with E-state index in [1.165, 1.54) is 31.3 Å². The number of rotatable bonds is 6. The summed E-state index contributed by atoms with van der Waals surface area (Å²) < 4.78 is 2.18. The maximum absolute atomic E-state index is 13.0. The van der Waals surface area contributed by atoms with Crippen molar-refractivity contribution in [1.29, 1.82) is 0 Å². The number of thioether (sulfide) groups is 1. The van der Waals surface area contributed by atoms with Crippen molar-refractivity contribution in [3.63, 3.8) is 0 Å². The second kappa shape index (κ2) is 8.01. The van der Waals surface area contributed by atoms with E-state index in [1.807, 2.05) is 19.9 Å².